The van der Waals surface area contributed by atoms with Crippen molar-refractivity contribution in [3.05, 3.63) is 70.3 Å². The minimum atomic E-state index is -0.756. The highest BCUT2D eigenvalue weighted by molar-refractivity contribution is 5.97. The third-order valence-corrected chi connectivity index (χ3v) is 4.86. The molecule has 0 unspecified atom stereocenters. The molecule has 28 heavy (non-hydrogen) atoms. The number of rotatable bonds is 6. The number of carbonyl (C=O) groups is 2. The van der Waals surface area contributed by atoms with Crippen molar-refractivity contribution in [1.29, 1.82) is 0 Å². The first-order valence-corrected chi connectivity index (χ1v) is 9.35. The van der Waals surface area contributed by atoms with Gasteiger partial charge in [0.2, 0.25) is 0 Å². The normalized spacial score (nSPS) is 14.3. The first-order chi connectivity index (χ1) is 13.6. The minimum absolute atomic E-state index is 0.0472. The Labute approximate surface area is 163 Å². The van der Waals surface area contributed by atoms with Crippen molar-refractivity contribution in [3.8, 4) is 0 Å². The van der Waals surface area contributed by atoms with E-state index in [-0.39, 0.29) is 23.2 Å². The monoisotopic (exact) mass is 382 g/mol. The van der Waals surface area contributed by atoms with Crippen LogP contribution in [0.5, 0.6) is 0 Å². The maximum atomic E-state index is 12.9. The van der Waals surface area contributed by atoms with E-state index in [1.165, 1.54) is 18.2 Å². The lowest BCUT2D eigenvalue weighted by atomic mass is 9.93. The Morgan fingerprint density at radius 3 is 2.43 bits per heavy atom. The van der Waals surface area contributed by atoms with Gasteiger partial charge in [-0.3, -0.25) is 14.9 Å². The van der Waals surface area contributed by atoms with E-state index in [1.807, 2.05) is 30.3 Å². The molecule has 0 aromatic heterocycles. The average molecular weight is 382 g/mol. The average Bonchev–Trinajstić information content (AvgIpc) is 2.74. The number of esters is 1. The van der Waals surface area contributed by atoms with Gasteiger partial charge in [-0.2, -0.15) is 0 Å². The molecule has 1 amide bonds. The van der Waals surface area contributed by atoms with Gasteiger partial charge in [0.1, 0.15) is 0 Å². The van der Waals surface area contributed by atoms with Crippen LogP contribution in [-0.2, 0) is 9.53 Å². The van der Waals surface area contributed by atoms with E-state index >= 15 is 0 Å². The second-order valence-electron chi connectivity index (χ2n) is 6.77. The molecule has 7 nitrogen and oxygen atoms in total. The summed E-state index contributed by atoms with van der Waals surface area (Å²) in [6.45, 7) is -0.410. The maximum absolute atomic E-state index is 12.9. The zero-order chi connectivity index (χ0) is 19.9. The number of para-hydroxylation sites is 1. The highest BCUT2D eigenvalue weighted by Gasteiger charge is 2.27. The predicted molar refractivity (Wildman–Crippen MR) is 104 cm³/mol. The fraction of sp³-hybridized carbons (Fsp3) is 0.333. The van der Waals surface area contributed by atoms with Crippen molar-refractivity contribution < 1.29 is 19.2 Å². The molecule has 0 heterocycles. The molecule has 1 saturated carbocycles. The zero-order valence-electron chi connectivity index (χ0n) is 15.5. The molecular formula is C21H22N2O5. The summed E-state index contributed by atoms with van der Waals surface area (Å²) in [5.74, 6) is -1.05. The summed E-state index contributed by atoms with van der Waals surface area (Å²) in [4.78, 5) is 37.1. The minimum Gasteiger partial charge on any atom is -0.452 e. The van der Waals surface area contributed by atoms with Gasteiger partial charge >= 0.3 is 5.97 Å². The van der Waals surface area contributed by atoms with Crippen molar-refractivity contribution in [3.63, 3.8) is 0 Å². The van der Waals surface area contributed by atoms with E-state index in [4.69, 9.17) is 4.74 Å². The number of nitrogens with zero attached hydrogens (tertiary/aromatic N) is 2. The second-order valence-corrected chi connectivity index (χ2v) is 6.77. The molecule has 0 saturated heterocycles. The number of hydrogen-bond acceptors (Lipinski definition) is 5. The zero-order valence-corrected chi connectivity index (χ0v) is 15.5. The molecule has 1 fully saturated rings. The van der Waals surface area contributed by atoms with Gasteiger partial charge in [0, 0.05) is 23.9 Å². The Morgan fingerprint density at radius 1 is 1.04 bits per heavy atom. The standard InChI is InChI=1S/C21H22N2O5/c24-20(15-28-21(25)16-8-7-13-19(14-16)23(26)27)22(17-9-3-1-4-10-17)18-11-5-2-6-12-18/h1,3-4,7-10,13-14,18H,2,5-6,11-12,15H2. The lowest BCUT2D eigenvalue weighted by molar-refractivity contribution is -0.384. The molecule has 0 aliphatic heterocycles. The molecule has 3 rings (SSSR count). The van der Waals surface area contributed by atoms with Crippen LogP contribution in [0.3, 0.4) is 0 Å². The van der Waals surface area contributed by atoms with Crippen LogP contribution in [0.1, 0.15) is 42.5 Å². The molecule has 0 radical (unpaired) electrons. The first-order valence-electron chi connectivity index (χ1n) is 9.35. The van der Waals surface area contributed by atoms with Crippen molar-refractivity contribution in [2.75, 3.05) is 11.5 Å². The fourth-order valence-corrected chi connectivity index (χ4v) is 3.51. The fourth-order valence-electron chi connectivity index (χ4n) is 3.51. The molecule has 0 bridgehead atoms. The van der Waals surface area contributed by atoms with Gasteiger partial charge in [0.25, 0.3) is 11.6 Å². The molecule has 0 N–H and O–H groups in total. The van der Waals surface area contributed by atoms with Crippen LogP contribution in [0.4, 0.5) is 11.4 Å². The number of hydrogen-bond donors (Lipinski definition) is 0. The summed E-state index contributed by atoms with van der Waals surface area (Å²) in [6.07, 6.45) is 5.12. The summed E-state index contributed by atoms with van der Waals surface area (Å²) in [7, 11) is 0. The van der Waals surface area contributed by atoms with Crippen molar-refractivity contribution in [1.82, 2.24) is 0 Å². The quantitative estimate of drug-likeness (QED) is 0.426. The lowest BCUT2D eigenvalue weighted by Crippen LogP contribution is -2.43. The molecule has 146 valence electrons. The number of nitro groups is 1. The summed E-state index contributed by atoms with van der Waals surface area (Å²) in [6, 6.07) is 14.7. The summed E-state index contributed by atoms with van der Waals surface area (Å²) < 4.78 is 5.17. The summed E-state index contributed by atoms with van der Waals surface area (Å²) in [5, 5.41) is 10.9. The van der Waals surface area contributed by atoms with Crippen LogP contribution < -0.4 is 4.90 Å². The van der Waals surface area contributed by atoms with E-state index in [0.717, 1.165) is 43.9 Å². The van der Waals surface area contributed by atoms with E-state index in [1.54, 1.807) is 4.90 Å². The van der Waals surface area contributed by atoms with Gasteiger partial charge in [-0.25, -0.2) is 4.79 Å². The smallest absolute Gasteiger partial charge is 0.338 e. The molecule has 1 aliphatic carbocycles. The van der Waals surface area contributed by atoms with E-state index in [9.17, 15) is 19.7 Å². The Kier molecular flexibility index (Phi) is 6.37. The molecule has 0 spiro atoms. The van der Waals surface area contributed by atoms with Gasteiger partial charge in [-0.15, -0.1) is 0 Å². The molecule has 1 aliphatic rings. The predicted octanol–water partition coefficient (Wildman–Crippen LogP) is 4.12. The van der Waals surface area contributed by atoms with Crippen LogP contribution in [0.25, 0.3) is 0 Å². The molecule has 2 aromatic rings. The largest absolute Gasteiger partial charge is 0.452 e. The number of benzene rings is 2. The Bertz CT molecular complexity index is 847. The van der Waals surface area contributed by atoms with Crippen molar-refractivity contribution in [2.24, 2.45) is 0 Å². The topological polar surface area (TPSA) is 89.8 Å². The van der Waals surface area contributed by atoms with Gasteiger partial charge in [-0.05, 0) is 31.0 Å². The number of ether oxygens (including phenoxy) is 1. The molecule has 0 atom stereocenters. The highest BCUT2D eigenvalue weighted by atomic mass is 16.6. The van der Waals surface area contributed by atoms with E-state index in [0.29, 0.717) is 0 Å². The Balaban J connectivity index is 1.70. The number of non-ortho nitro benzene ring substituents is 1. The SMILES string of the molecule is O=C(OCC(=O)N(c1ccccc1)C1CCCCC1)c1cccc([N+](=O)[O-])c1. The van der Waals surface area contributed by atoms with E-state index in [2.05, 4.69) is 0 Å². The van der Waals surface area contributed by atoms with Gasteiger partial charge in [0.15, 0.2) is 6.61 Å². The van der Waals surface area contributed by atoms with Crippen LogP contribution in [0.15, 0.2) is 54.6 Å². The van der Waals surface area contributed by atoms with Crippen LogP contribution in [-0.4, -0.2) is 29.4 Å². The second kappa shape index (κ2) is 9.12. The number of anilines is 1. The van der Waals surface area contributed by atoms with Crippen LogP contribution in [0.2, 0.25) is 0 Å². The van der Waals surface area contributed by atoms with Crippen LogP contribution in [0, 0.1) is 10.1 Å². The Morgan fingerprint density at radius 2 is 1.75 bits per heavy atom. The molecule has 7 heteroatoms. The lowest BCUT2D eigenvalue weighted by Gasteiger charge is -2.34. The van der Waals surface area contributed by atoms with Gasteiger partial charge in [-0.1, -0.05) is 43.5 Å². The molecule has 2 aromatic carbocycles. The van der Waals surface area contributed by atoms with E-state index < -0.39 is 17.5 Å². The summed E-state index contributed by atoms with van der Waals surface area (Å²) >= 11 is 0. The third kappa shape index (κ3) is 4.73. The third-order valence-electron chi connectivity index (χ3n) is 4.86. The van der Waals surface area contributed by atoms with Gasteiger partial charge in [0.05, 0.1) is 10.5 Å². The highest BCUT2D eigenvalue weighted by Crippen LogP contribution is 2.27. The van der Waals surface area contributed by atoms with Crippen molar-refractivity contribution in [2.45, 2.75) is 38.1 Å². The van der Waals surface area contributed by atoms with Crippen LogP contribution >= 0.6 is 0 Å². The van der Waals surface area contributed by atoms with Gasteiger partial charge < -0.3 is 9.64 Å². The Hall–Kier alpha value is -3.22. The van der Waals surface area contributed by atoms with Crippen molar-refractivity contribution >= 4 is 23.3 Å². The first kappa shape index (κ1) is 19.5. The molecular weight excluding hydrogens is 360 g/mol. The number of nitro benzene ring substituents is 1. The number of carbonyl (C=O) groups excluding carboxylic acids is 2. The maximum Gasteiger partial charge on any atom is 0.338 e. The number of amides is 1. The summed E-state index contributed by atoms with van der Waals surface area (Å²) in [5.41, 5.74) is 0.630.